The average Bonchev–Trinajstić information content (AvgIpc) is 2.28. The Morgan fingerprint density at radius 1 is 1.25 bits per heavy atom. The van der Waals surface area contributed by atoms with Gasteiger partial charge in [0, 0.05) is 0 Å². The van der Waals surface area contributed by atoms with E-state index < -0.39 is 23.7 Å². The van der Waals surface area contributed by atoms with Crippen LogP contribution >= 0.6 is 0 Å². The molecule has 3 N–H and O–H groups in total. The van der Waals surface area contributed by atoms with Gasteiger partial charge >= 0.3 is 12.1 Å². The molecular weight excluding hydrogens is 262 g/mol. The molecule has 1 aliphatic carbocycles. The van der Waals surface area contributed by atoms with Crippen molar-refractivity contribution in [1.82, 2.24) is 5.32 Å². The third-order valence-corrected chi connectivity index (χ3v) is 3.37. The molecule has 0 saturated heterocycles. The predicted molar refractivity (Wildman–Crippen MR) is 73.4 cm³/mol. The fourth-order valence-electron chi connectivity index (χ4n) is 2.39. The van der Waals surface area contributed by atoms with Gasteiger partial charge in [0.1, 0.15) is 11.6 Å². The summed E-state index contributed by atoms with van der Waals surface area (Å²) in [5.41, 5.74) is -0.651. The van der Waals surface area contributed by atoms with Crippen molar-refractivity contribution in [2.75, 3.05) is 0 Å². The van der Waals surface area contributed by atoms with Crippen molar-refractivity contribution in [3.8, 4) is 0 Å². The second-order valence-corrected chi connectivity index (χ2v) is 6.45. The highest BCUT2D eigenvalue weighted by molar-refractivity contribution is 5.80. The van der Waals surface area contributed by atoms with E-state index >= 15 is 0 Å². The zero-order valence-electron chi connectivity index (χ0n) is 12.4. The van der Waals surface area contributed by atoms with Crippen molar-refractivity contribution < 1.29 is 24.5 Å². The van der Waals surface area contributed by atoms with Gasteiger partial charge in [0.15, 0.2) is 0 Å². The van der Waals surface area contributed by atoms with Crippen molar-refractivity contribution >= 4 is 12.1 Å². The van der Waals surface area contributed by atoms with Gasteiger partial charge in [0.05, 0.1) is 6.10 Å². The minimum atomic E-state index is -1.05. The summed E-state index contributed by atoms with van der Waals surface area (Å²) in [6.07, 6.45) is 2.38. The van der Waals surface area contributed by atoms with Crippen LogP contribution < -0.4 is 5.32 Å². The Balaban J connectivity index is 2.48. The highest BCUT2D eigenvalue weighted by atomic mass is 16.6. The maximum atomic E-state index is 11.6. The van der Waals surface area contributed by atoms with Crippen LogP contribution in [0.25, 0.3) is 0 Å². The van der Waals surface area contributed by atoms with Crippen LogP contribution in [-0.2, 0) is 9.53 Å². The third kappa shape index (κ3) is 6.23. The van der Waals surface area contributed by atoms with Crippen LogP contribution in [-0.4, -0.2) is 40.0 Å². The summed E-state index contributed by atoms with van der Waals surface area (Å²) in [6, 6.07) is -0.940. The number of ether oxygens (including phenoxy) is 1. The monoisotopic (exact) mass is 287 g/mol. The zero-order chi connectivity index (χ0) is 15.3. The number of amides is 1. The fourth-order valence-corrected chi connectivity index (χ4v) is 2.39. The van der Waals surface area contributed by atoms with E-state index in [1.165, 1.54) is 0 Å². The van der Waals surface area contributed by atoms with E-state index in [4.69, 9.17) is 4.74 Å². The van der Waals surface area contributed by atoms with Gasteiger partial charge in [0.25, 0.3) is 0 Å². The minimum Gasteiger partial charge on any atom is -0.480 e. The Kier molecular flexibility index (Phi) is 5.80. The number of carbonyl (C=O) groups is 2. The van der Waals surface area contributed by atoms with Crippen LogP contribution in [0.15, 0.2) is 0 Å². The lowest BCUT2D eigenvalue weighted by atomic mass is 9.83. The molecule has 1 fully saturated rings. The first-order valence-electron chi connectivity index (χ1n) is 7.08. The average molecular weight is 287 g/mol. The second kappa shape index (κ2) is 6.92. The van der Waals surface area contributed by atoms with Crippen LogP contribution in [0.4, 0.5) is 4.79 Å². The first-order chi connectivity index (χ1) is 9.17. The lowest BCUT2D eigenvalue weighted by Crippen LogP contribution is -2.44. The van der Waals surface area contributed by atoms with Gasteiger partial charge in [-0.15, -0.1) is 0 Å². The molecule has 0 aromatic heterocycles. The Bertz CT molecular complexity index is 342. The Morgan fingerprint density at radius 3 is 2.25 bits per heavy atom. The molecule has 1 saturated carbocycles. The van der Waals surface area contributed by atoms with Crippen molar-refractivity contribution in [1.29, 1.82) is 0 Å². The summed E-state index contributed by atoms with van der Waals surface area (Å²) < 4.78 is 5.07. The number of carboxylic acids is 1. The number of hydrogen-bond donors (Lipinski definition) is 3. The molecule has 0 unspecified atom stereocenters. The molecule has 0 radical (unpaired) electrons. The highest BCUT2D eigenvalue weighted by Gasteiger charge is 2.28. The van der Waals surface area contributed by atoms with Gasteiger partial charge in [0.2, 0.25) is 0 Å². The normalized spacial score (nSPS) is 24.8. The van der Waals surface area contributed by atoms with Crippen LogP contribution in [0.1, 0.15) is 52.9 Å². The molecule has 0 aliphatic heterocycles. The molecule has 1 aliphatic rings. The van der Waals surface area contributed by atoms with Crippen molar-refractivity contribution in [2.45, 2.75) is 70.6 Å². The lowest BCUT2D eigenvalue weighted by molar-refractivity contribution is -0.140. The van der Waals surface area contributed by atoms with Crippen LogP contribution in [0.2, 0.25) is 0 Å². The third-order valence-electron chi connectivity index (χ3n) is 3.37. The topological polar surface area (TPSA) is 95.9 Å². The van der Waals surface area contributed by atoms with Gasteiger partial charge in [-0.05, 0) is 58.8 Å². The molecule has 1 amide bonds. The summed E-state index contributed by atoms with van der Waals surface area (Å²) in [6.45, 7) is 5.18. The second-order valence-electron chi connectivity index (χ2n) is 6.45. The maximum absolute atomic E-state index is 11.6. The zero-order valence-corrected chi connectivity index (χ0v) is 12.4. The molecule has 1 rings (SSSR count). The van der Waals surface area contributed by atoms with Gasteiger partial charge in [-0.25, -0.2) is 9.59 Å². The summed E-state index contributed by atoms with van der Waals surface area (Å²) in [4.78, 5) is 22.8. The quantitative estimate of drug-likeness (QED) is 0.734. The largest absolute Gasteiger partial charge is 0.480 e. The number of aliphatic carboxylic acids is 1. The van der Waals surface area contributed by atoms with E-state index in [2.05, 4.69) is 5.32 Å². The van der Waals surface area contributed by atoms with Gasteiger partial charge in [-0.1, -0.05) is 0 Å². The molecule has 0 aromatic rings. The standard InChI is InChI=1S/C14H25NO5/c1-14(2,3)20-13(19)15-11(12(17)18)8-9-4-6-10(16)7-5-9/h9-11,16H,4-8H2,1-3H3,(H,15,19)(H,17,18)/t9?,10?,11-/m1/s1. The number of aliphatic hydroxyl groups excluding tert-OH is 1. The number of alkyl carbamates (subject to hydrolysis) is 1. The molecule has 6 nitrogen and oxygen atoms in total. The highest BCUT2D eigenvalue weighted by Crippen LogP contribution is 2.27. The summed E-state index contributed by atoms with van der Waals surface area (Å²) in [5.74, 6) is -0.837. The number of aliphatic hydroxyl groups is 1. The van der Waals surface area contributed by atoms with Crippen molar-refractivity contribution in [2.24, 2.45) is 5.92 Å². The van der Waals surface area contributed by atoms with Crippen molar-refractivity contribution in [3.05, 3.63) is 0 Å². The van der Waals surface area contributed by atoms with Gasteiger partial charge in [-0.2, -0.15) is 0 Å². The van der Waals surface area contributed by atoms with Crippen LogP contribution in [0, 0.1) is 5.92 Å². The Hall–Kier alpha value is -1.30. The first-order valence-corrected chi connectivity index (χ1v) is 7.08. The Morgan fingerprint density at radius 2 is 1.80 bits per heavy atom. The van der Waals surface area contributed by atoms with E-state index in [-0.39, 0.29) is 12.0 Å². The smallest absolute Gasteiger partial charge is 0.408 e. The minimum absolute atomic E-state index is 0.217. The SMILES string of the molecule is CC(C)(C)OC(=O)N[C@H](CC1CCC(O)CC1)C(=O)O. The maximum Gasteiger partial charge on any atom is 0.408 e. The number of rotatable bonds is 4. The lowest BCUT2D eigenvalue weighted by Gasteiger charge is -2.28. The summed E-state index contributed by atoms with van der Waals surface area (Å²) >= 11 is 0. The van der Waals surface area contributed by atoms with Gasteiger partial charge in [-0.3, -0.25) is 0 Å². The molecule has 1 atom stereocenters. The summed E-state index contributed by atoms with van der Waals surface area (Å²) in [7, 11) is 0. The van der Waals surface area contributed by atoms with E-state index in [1.54, 1.807) is 20.8 Å². The van der Waals surface area contributed by atoms with E-state index in [0.29, 0.717) is 19.3 Å². The van der Waals surface area contributed by atoms with Gasteiger partial charge < -0.3 is 20.3 Å². The first kappa shape index (κ1) is 16.8. The van der Waals surface area contributed by atoms with Crippen molar-refractivity contribution in [3.63, 3.8) is 0 Å². The molecule has 6 heteroatoms. The molecule has 0 aromatic carbocycles. The van der Waals surface area contributed by atoms with Crippen LogP contribution in [0.3, 0.4) is 0 Å². The van der Waals surface area contributed by atoms with Crippen LogP contribution in [0.5, 0.6) is 0 Å². The molecule has 0 heterocycles. The fraction of sp³-hybridized carbons (Fsp3) is 0.857. The molecule has 0 spiro atoms. The number of carboxylic acid groups (broad SMARTS) is 1. The molecule has 20 heavy (non-hydrogen) atoms. The van der Waals surface area contributed by atoms with E-state index in [9.17, 15) is 19.8 Å². The number of hydrogen-bond acceptors (Lipinski definition) is 4. The summed E-state index contributed by atoms with van der Waals surface area (Å²) in [5, 5.41) is 21.0. The predicted octanol–water partition coefficient (Wildman–Crippen LogP) is 1.91. The molecule has 116 valence electrons. The molecule has 0 bridgehead atoms. The molecular formula is C14H25NO5. The van der Waals surface area contributed by atoms with E-state index in [0.717, 1.165) is 12.8 Å². The van der Waals surface area contributed by atoms with E-state index in [1.807, 2.05) is 0 Å². The Labute approximate surface area is 119 Å². The number of carbonyl (C=O) groups excluding carboxylic acids is 1. The number of nitrogens with one attached hydrogen (secondary N) is 1.